The number of pyridine rings is 1. The van der Waals surface area contributed by atoms with Crippen LogP contribution in [-0.4, -0.2) is 29.1 Å². The number of rotatable bonds is 2. The van der Waals surface area contributed by atoms with E-state index in [9.17, 15) is 9.90 Å². The molecule has 2 aliphatic rings. The number of carbonyl (C=O) groups is 1. The van der Waals surface area contributed by atoms with Gasteiger partial charge in [-0.15, -0.1) is 0 Å². The van der Waals surface area contributed by atoms with Crippen LogP contribution in [0.5, 0.6) is 0 Å². The zero-order valence-electron chi connectivity index (χ0n) is 11.4. The molecule has 1 spiro atoms. The van der Waals surface area contributed by atoms with E-state index in [2.05, 4.69) is 25.8 Å². The van der Waals surface area contributed by atoms with E-state index in [1.807, 2.05) is 0 Å². The molecule has 0 unspecified atom stereocenters. The summed E-state index contributed by atoms with van der Waals surface area (Å²) in [7, 11) is 0. The molecule has 0 amide bonds. The van der Waals surface area contributed by atoms with Crippen LogP contribution in [0.3, 0.4) is 0 Å². The second-order valence-corrected chi connectivity index (χ2v) is 6.94. The Hall–Kier alpha value is -1.10. The third-order valence-corrected chi connectivity index (χ3v) is 5.29. The summed E-state index contributed by atoms with van der Waals surface area (Å²) in [4.78, 5) is 17.9. The van der Waals surface area contributed by atoms with E-state index in [0.717, 1.165) is 13.1 Å². The van der Waals surface area contributed by atoms with Crippen LogP contribution in [0.2, 0.25) is 0 Å². The van der Waals surface area contributed by atoms with Crippen LogP contribution >= 0.6 is 15.9 Å². The Morgan fingerprint density at radius 2 is 1.90 bits per heavy atom. The highest BCUT2D eigenvalue weighted by molar-refractivity contribution is 9.10. The number of halogens is 1. The first kappa shape index (κ1) is 13.9. The summed E-state index contributed by atoms with van der Waals surface area (Å²) in [5.74, 6) is -0.288. The molecule has 0 bridgehead atoms. The van der Waals surface area contributed by atoms with E-state index >= 15 is 0 Å². The van der Waals surface area contributed by atoms with Crippen LogP contribution in [0.15, 0.2) is 16.7 Å². The van der Waals surface area contributed by atoms with Crippen LogP contribution in [0.4, 0.5) is 5.82 Å². The lowest BCUT2D eigenvalue weighted by molar-refractivity contribution is 0.0697. The van der Waals surface area contributed by atoms with E-state index in [-0.39, 0.29) is 0 Å². The van der Waals surface area contributed by atoms with Gasteiger partial charge in [-0.3, -0.25) is 0 Å². The Balaban J connectivity index is 1.79. The fourth-order valence-corrected chi connectivity index (χ4v) is 3.99. The number of aromatic nitrogens is 1. The maximum Gasteiger partial charge on any atom is 0.339 e. The van der Waals surface area contributed by atoms with Gasteiger partial charge in [-0.1, -0.05) is 12.8 Å². The van der Waals surface area contributed by atoms with Crippen molar-refractivity contribution in [3.05, 3.63) is 22.3 Å². The number of piperidine rings is 1. The van der Waals surface area contributed by atoms with Crippen LogP contribution in [0, 0.1) is 5.41 Å². The maximum atomic E-state index is 11.4. The highest BCUT2D eigenvalue weighted by Crippen LogP contribution is 2.46. The Labute approximate surface area is 127 Å². The first-order valence-corrected chi connectivity index (χ1v) is 8.03. The zero-order chi connectivity index (χ0) is 14.2. The molecule has 20 heavy (non-hydrogen) atoms. The minimum absolute atomic E-state index is 0.293. The summed E-state index contributed by atoms with van der Waals surface area (Å²) in [6.07, 6.45) is 9.43. The summed E-state index contributed by atoms with van der Waals surface area (Å²) in [5.41, 5.74) is 0.830. The molecule has 1 aliphatic heterocycles. The fraction of sp³-hybridized carbons (Fsp3) is 0.600. The highest BCUT2D eigenvalue weighted by atomic mass is 79.9. The van der Waals surface area contributed by atoms with Gasteiger partial charge in [0.25, 0.3) is 0 Å². The molecule has 1 saturated carbocycles. The predicted octanol–water partition coefficient (Wildman–Crippen LogP) is 3.70. The standard InChI is InChI=1S/C15H19BrN2O2/c16-11-9-12(14(19)20)13(17-10-11)18-7-5-15(6-8-18)3-1-2-4-15/h9-10H,1-8H2,(H,19,20). The molecule has 1 saturated heterocycles. The smallest absolute Gasteiger partial charge is 0.339 e. The average molecular weight is 339 g/mol. The second-order valence-electron chi connectivity index (χ2n) is 6.02. The van der Waals surface area contributed by atoms with E-state index in [1.165, 1.54) is 38.5 Å². The molecule has 0 aromatic carbocycles. The van der Waals surface area contributed by atoms with Crippen molar-refractivity contribution in [2.45, 2.75) is 38.5 Å². The number of carboxylic acid groups (broad SMARTS) is 1. The molecule has 2 fully saturated rings. The molecule has 4 nitrogen and oxygen atoms in total. The number of hydrogen-bond donors (Lipinski definition) is 1. The van der Waals surface area contributed by atoms with Crippen LogP contribution < -0.4 is 4.90 Å². The van der Waals surface area contributed by atoms with Gasteiger partial charge in [0, 0.05) is 23.8 Å². The first-order valence-electron chi connectivity index (χ1n) is 7.23. The van der Waals surface area contributed by atoms with Crippen molar-refractivity contribution in [1.29, 1.82) is 0 Å². The van der Waals surface area contributed by atoms with Crippen molar-refractivity contribution in [2.75, 3.05) is 18.0 Å². The number of nitrogens with zero attached hydrogens (tertiary/aromatic N) is 2. The molecule has 1 aromatic heterocycles. The van der Waals surface area contributed by atoms with E-state index in [0.29, 0.717) is 21.3 Å². The number of hydrogen-bond acceptors (Lipinski definition) is 3. The van der Waals surface area contributed by atoms with Gasteiger partial charge < -0.3 is 10.0 Å². The third-order valence-electron chi connectivity index (χ3n) is 4.85. The van der Waals surface area contributed by atoms with Gasteiger partial charge in [-0.2, -0.15) is 0 Å². The predicted molar refractivity (Wildman–Crippen MR) is 81.2 cm³/mol. The van der Waals surface area contributed by atoms with Gasteiger partial charge in [0.1, 0.15) is 11.4 Å². The Morgan fingerprint density at radius 3 is 2.50 bits per heavy atom. The van der Waals surface area contributed by atoms with Crippen molar-refractivity contribution in [3.8, 4) is 0 Å². The second kappa shape index (κ2) is 5.35. The summed E-state index contributed by atoms with van der Waals surface area (Å²) < 4.78 is 0.711. The molecule has 1 aliphatic carbocycles. The van der Waals surface area contributed by atoms with Crippen molar-refractivity contribution in [1.82, 2.24) is 4.98 Å². The Kier molecular flexibility index (Phi) is 3.71. The van der Waals surface area contributed by atoms with E-state index < -0.39 is 5.97 Å². The van der Waals surface area contributed by atoms with Gasteiger partial charge in [-0.05, 0) is 53.1 Å². The molecule has 2 heterocycles. The third kappa shape index (κ3) is 2.55. The number of anilines is 1. The SMILES string of the molecule is O=C(O)c1cc(Br)cnc1N1CCC2(CCCC2)CC1. The Morgan fingerprint density at radius 1 is 1.25 bits per heavy atom. The van der Waals surface area contributed by atoms with Crippen molar-refractivity contribution < 1.29 is 9.90 Å². The van der Waals surface area contributed by atoms with Gasteiger partial charge in [-0.25, -0.2) is 9.78 Å². The molecule has 1 aromatic rings. The lowest BCUT2D eigenvalue weighted by atomic mass is 9.77. The molecule has 3 rings (SSSR count). The van der Waals surface area contributed by atoms with Crippen molar-refractivity contribution >= 4 is 27.7 Å². The van der Waals surface area contributed by atoms with Gasteiger partial charge in [0.05, 0.1) is 0 Å². The molecule has 0 radical (unpaired) electrons. The molecular formula is C15H19BrN2O2. The van der Waals surface area contributed by atoms with Crippen LogP contribution in [0.25, 0.3) is 0 Å². The summed E-state index contributed by atoms with van der Waals surface area (Å²) >= 11 is 3.29. The maximum absolute atomic E-state index is 11.4. The van der Waals surface area contributed by atoms with Crippen molar-refractivity contribution in [3.63, 3.8) is 0 Å². The molecule has 1 N–H and O–H groups in total. The zero-order valence-corrected chi connectivity index (χ0v) is 13.0. The fourth-order valence-electron chi connectivity index (χ4n) is 3.66. The average Bonchev–Trinajstić information content (AvgIpc) is 2.88. The summed E-state index contributed by atoms with van der Waals surface area (Å²) in [6.45, 7) is 1.85. The largest absolute Gasteiger partial charge is 0.478 e. The van der Waals surface area contributed by atoms with Gasteiger partial charge in [0.2, 0.25) is 0 Å². The topological polar surface area (TPSA) is 53.4 Å². The molecule has 5 heteroatoms. The van der Waals surface area contributed by atoms with E-state index in [4.69, 9.17) is 0 Å². The molecule has 108 valence electrons. The Bertz CT molecular complexity index is 517. The van der Waals surface area contributed by atoms with Crippen LogP contribution in [0.1, 0.15) is 48.9 Å². The minimum atomic E-state index is -0.907. The van der Waals surface area contributed by atoms with E-state index in [1.54, 1.807) is 12.3 Å². The number of carboxylic acids is 1. The lowest BCUT2D eigenvalue weighted by Crippen LogP contribution is -2.40. The summed E-state index contributed by atoms with van der Waals surface area (Å²) in [5, 5.41) is 9.34. The normalized spacial score (nSPS) is 21.4. The minimum Gasteiger partial charge on any atom is -0.478 e. The molecule has 0 atom stereocenters. The summed E-state index contributed by atoms with van der Waals surface area (Å²) in [6, 6.07) is 1.64. The monoisotopic (exact) mass is 338 g/mol. The molecular weight excluding hydrogens is 320 g/mol. The highest BCUT2D eigenvalue weighted by Gasteiger charge is 2.37. The van der Waals surface area contributed by atoms with Crippen LogP contribution in [-0.2, 0) is 0 Å². The lowest BCUT2D eigenvalue weighted by Gasteiger charge is -2.40. The quantitative estimate of drug-likeness (QED) is 0.893. The van der Waals surface area contributed by atoms with Gasteiger partial charge in [0.15, 0.2) is 0 Å². The number of aromatic carboxylic acids is 1. The first-order chi connectivity index (χ1) is 9.60. The van der Waals surface area contributed by atoms with Gasteiger partial charge >= 0.3 is 5.97 Å². The van der Waals surface area contributed by atoms with Crippen molar-refractivity contribution in [2.24, 2.45) is 5.41 Å².